The highest BCUT2D eigenvalue weighted by Gasteiger charge is 2.34. The lowest BCUT2D eigenvalue weighted by Gasteiger charge is -2.41. The van der Waals surface area contributed by atoms with Gasteiger partial charge in [-0.1, -0.05) is 13.8 Å². The van der Waals surface area contributed by atoms with Gasteiger partial charge in [-0.05, 0) is 38.3 Å². The summed E-state index contributed by atoms with van der Waals surface area (Å²) in [6.45, 7) is 11.0. The van der Waals surface area contributed by atoms with Crippen molar-refractivity contribution in [1.29, 1.82) is 0 Å². The summed E-state index contributed by atoms with van der Waals surface area (Å²) < 4.78 is 11.4. The predicted octanol–water partition coefficient (Wildman–Crippen LogP) is 3.23. The number of methoxy groups -OCH3 is 1. The quantitative estimate of drug-likeness (QED) is 0.834. The van der Waals surface area contributed by atoms with Crippen LogP contribution < -0.4 is 4.90 Å². The molecule has 0 spiro atoms. The highest BCUT2D eigenvalue weighted by molar-refractivity contribution is 5.45. The summed E-state index contributed by atoms with van der Waals surface area (Å²) in [5.74, 6) is 0.518. The van der Waals surface area contributed by atoms with Crippen LogP contribution in [0.3, 0.4) is 0 Å². The Labute approximate surface area is 128 Å². The normalized spacial score (nSPS) is 21.4. The van der Waals surface area contributed by atoms with Crippen molar-refractivity contribution in [1.82, 2.24) is 4.98 Å². The van der Waals surface area contributed by atoms with Crippen molar-refractivity contribution in [2.24, 2.45) is 0 Å². The number of nitrogens with zero attached hydrogens (tertiary/aromatic N) is 2. The molecule has 0 bridgehead atoms. The number of hydrogen-bond donors (Lipinski definition) is 0. The van der Waals surface area contributed by atoms with Crippen LogP contribution in [0.15, 0.2) is 18.3 Å². The summed E-state index contributed by atoms with van der Waals surface area (Å²) in [7, 11) is 1.74. The van der Waals surface area contributed by atoms with Crippen LogP contribution in [0.4, 0.5) is 5.69 Å². The van der Waals surface area contributed by atoms with Crippen molar-refractivity contribution in [2.75, 3.05) is 31.7 Å². The fourth-order valence-corrected chi connectivity index (χ4v) is 2.52. The van der Waals surface area contributed by atoms with Crippen molar-refractivity contribution >= 4 is 5.69 Å². The SMILES string of the molecule is CCC(C)c1ccc(N2CCO[C@H](C(C)(C)OC)C2)cn1. The second kappa shape index (κ2) is 6.75. The first-order valence-corrected chi connectivity index (χ1v) is 7.85. The minimum Gasteiger partial charge on any atom is -0.376 e. The van der Waals surface area contributed by atoms with Crippen LogP contribution in [0, 0.1) is 0 Å². The Morgan fingerprint density at radius 2 is 2.24 bits per heavy atom. The molecule has 2 atom stereocenters. The molecule has 2 heterocycles. The Kier molecular flexibility index (Phi) is 5.22. The number of rotatable bonds is 5. The van der Waals surface area contributed by atoms with E-state index in [0.717, 1.165) is 26.1 Å². The van der Waals surface area contributed by atoms with Crippen LogP contribution in [0.25, 0.3) is 0 Å². The maximum atomic E-state index is 5.88. The molecular formula is C17H28N2O2. The van der Waals surface area contributed by atoms with E-state index in [1.807, 2.05) is 6.20 Å². The van der Waals surface area contributed by atoms with E-state index in [9.17, 15) is 0 Å². The molecule has 0 aliphatic carbocycles. The highest BCUT2D eigenvalue weighted by atomic mass is 16.5. The molecule has 1 aromatic heterocycles. The zero-order valence-corrected chi connectivity index (χ0v) is 13.9. The van der Waals surface area contributed by atoms with Gasteiger partial charge >= 0.3 is 0 Å². The number of pyridine rings is 1. The Morgan fingerprint density at radius 3 is 2.81 bits per heavy atom. The van der Waals surface area contributed by atoms with E-state index in [0.29, 0.717) is 5.92 Å². The van der Waals surface area contributed by atoms with Gasteiger partial charge < -0.3 is 14.4 Å². The summed E-state index contributed by atoms with van der Waals surface area (Å²) in [6.07, 6.45) is 3.18. The Bertz CT molecular complexity index is 445. The molecule has 4 nitrogen and oxygen atoms in total. The zero-order valence-electron chi connectivity index (χ0n) is 13.9. The van der Waals surface area contributed by atoms with Gasteiger partial charge in [0.1, 0.15) is 6.10 Å². The van der Waals surface area contributed by atoms with Crippen LogP contribution in [0.5, 0.6) is 0 Å². The predicted molar refractivity (Wildman–Crippen MR) is 86.0 cm³/mol. The van der Waals surface area contributed by atoms with Gasteiger partial charge in [-0.25, -0.2) is 0 Å². The van der Waals surface area contributed by atoms with Crippen molar-refractivity contribution in [3.05, 3.63) is 24.0 Å². The average Bonchev–Trinajstić information content (AvgIpc) is 2.54. The first-order valence-electron chi connectivity index (χ1n) is 7.85. The fourth-order valence-electron chi connectivity index (χ4n) is 2.52. The minimum atomic E-state index is -0.275. The Balaban J connectivity index is 2.07. The van der Waals surface area contributed by atoms with Crippen LogP contribution in [0.1, 0.15) is 45.7 Å². The number of anilines is 1. The molecule has 0 amide bonds. The lowest BCUT2D eigenvalue weighted by Crippen LogP contribution is -2.52. The van der Waals surface area contributed by atoms with Gasteiger partial charge in [0.15, 0.2) is 0 Å². The summed E-state index contributed by atoms with van der Waals surface area (Å²) in [4.78, 5) is 6.95. The molecule has 4 heteroatoms. The van der Waals surface area contributed by atoms with Crippen LogP contribution in [-0.4, -0.2) is 43.5 Å². The second-order valence-corrected chi connectivity index (χ2v) is 6.36. The first-order chi connectivity index (χ1) is 9.97. The molecule has 0 radical (unpaired) electrons. The topological polar surface area (TPSA) is 34.6 Å². The molecule has 1 aromatic rings. The van der Waals surface area contributed by atoms with Gasteiger partial charge in [0.05, 0.1) is 24.1 Å². The van der Waals surface area contributed by atoms with Gasteiger partial charge in [0, 0.05) is 25.9 Å². The second-order valence-electron chi connectivity index (χ2n) is 6.36. The number of hydrogen-bond acceptors (Lipinski definition) is 4. The van der Waals surface area contributed by atoms with Crippen LogP contribution in [0.2, 0.25) is 0 Å². The van der Waals surface area contributed by atoms with Crippen molar-refractivity contribution < 1.29 is 9.47 Å². The molecule has 118 valence electrons. The number of morpholine rings is 1. The van der Waals surface area contributed by atoms with Gasteiger partial charge in [-0.3, -0.25) is 4.98 Å². The molecule has 1 unspecified atom stereocenters. The number of ether oxygens (including phenoxy) is 2. The summed E-state index contributed by atoms with van der Waals surface area (Å²) in [5, 5.41) is 0. The lowest BCUT2D eigenvalue weighted by molar-refractivity contribution is -0.113. The van der Waals surface area contributed by atoms with E-state index in [1.165, 1.54) is 11.4 Å². The summed E-state index contributed by atoms with van der Waals surface area (Å²) in [6, 6.07) is 4.33. The maximum absolute atomic E-state index is 5.88. The smallest absolute Gasteiger partial charge is 0.103 e. The van der Waals surface area contributed by atoms with E-state index in [-0.39, 0.29) is 11.7 Å². The van der Waals surface area contributed by atoms with Crippen molar-refractivity contribution in [3.8, 4) is 0 Å². The highest BCUT2D eigenvalue weighted by Crippen LogP contribution is 2.25. The molecule has 1 aliphatic heterocycles. The van der Waals surface area contributed by atoms with Gasteiger partial charge in [0.25, 0.3) is 0 Å². The molecule has 0 N–H and O–H groups in total. The van der Waals surface area contributed by atoms with Crippen molar-refractivity contribution in [2.45, 2.75) is 51.7 Å². The summed E-state index contributed by atoms with van der Waals surface area (Å²) in [5.41, 5.74) is 2.06. The third-order valence-corrected chi connectivity index (χ3v) is 4.62. The monoisotopic (exact) mass is 292 g/mol. The molecule has 1 saturated heterocycles. The third kappa shape index (κ3) is 3.74. The van der Waals surface area contributed by atoms with E-state index >= 15 is 0 Å². The molecular weight excluding hydrogens is 264 g/mol. The minimum absolute atomic E-state index is 0.0745. The lowest BCUT2D eigenvalue weighted by atomic mass is 9.99. The van der Waals surface area contributed by atoms with Gasteiger partial charge in [-0.2, -0.15) is 0 Å². The maximum Gasteiger partial charge on any atom is 0.103 e. The average molecular weight is 292 g/mol. The molecule has 0 aromatic carbocycles. The molecule has 0 saturated carbocycles. The van der Waals surface area contributed by atoms with E-state index in [4.69, 9.17) is 9.47 Å². The first kappa shape index (κ1) is 16.2. The van der Waals surface area contributed by atoms with E-state index in [2.05, 4.69) is 49.7 Å². The largest absolute Gasteiger partial charge is 0.376 e. The van der Waals surface area contributed by atoms with Crippen molar-refractivity contribution in [3.63, 3.8) is 0 Å². The molecule has 1 fully saturated rings. The summed E-state index contributed by atoms with van der Waals surface area (Å²) >= 11 is 0. The van der Waals surface area contributed by atoms with Crippen LogP contribution in [-0.2, 0) is 9.47 Å². The molecule has 21 heavy (non-hydrogen) atoms. The standard InChI is InChI=1S/C17H28N2O2/c1-6-13(2)15-8-7-14(11-18-15)19-9-10-21-16(12-19)17(3,4)20-5/h7-8,11,13,16H,6,9-10,12H2,1-5H3/t13?,16-/m0/s1. The molecule has 1 aliphatic rings. The van der Waals surface area contributed by atoms with Gasteiger partial charge in [-0.15, -0.1) is 0 Å². The van der Waals surface area contributed by atoms with E-state index < -0.39 is 0 Å². The van der Waals surface area contributed by atoms with Gasteiger partial charge in [0.2, 0.25) is 0 Å². The zero-order chi connectivity index (χ0) is 15.5. The third-order valence-electron chi connectivity index (χ3n) is 4.62. The Hall–Kier alpha value is -1.13. The Morgan fingerprint density at radius 1 is 1.48 bits per heavy atom. The van der Waals surface area contributed by atoms with Crippen LogP contribution >= 0.6 is 0 Å². The van der Waals surface area contributed by atoms with E-state index in [1.54, 1.807) is 7.11 Å². The fraction of sp³-hybridized carbons (Fsp3) is 0.706. The number of aromatic nitrogens is 1. The molecule has 2 rings (SSSR count).